The van der Waals surface area contributed by atoms with Crippen LogP contribution in [0.3, 0.4) is 0 Å². The third-order valence-electron chi connectivity index (χ3n) is 3.92. The normalized spacial score (nSPS) is 10.2. The van der Waals surface area contributed by atoms with Crippen LogP contribution in [0.2, 0.25) is 0 Å². The van der Waals surface area contributed by atoms with Crippen molar-refractivity contribution in [2.75, 3.05) is 19.0 Å². The maximum atomic E-state index is 12.2. The quantitative estimate of drug-likeness (QED) is 0.643. The van der Waals surface area contributed by atoms with Crippen LogP contribution in [-0.2, 0) is 6.61 Å². The van der Waals surface area contributed by atoms with Crippen molar-refractivity contribution in [3.05, 3.63) is 83.8 Å². The first-order chi connectivity index (χ1) is 13.5. The summed E-state index contributed by atoms with van der Waals surface area (Å²) in [6, 6.07) is 19.5. The van der Waals surface area contributed by atoms with Gasteiger partial charge in [-0.15, -0.1) is 0 Å². The van der Waals surface area contributed by atoms with Crippen molar-refractivity contribution in [3.8, 4) is 5.75 Å². The van der Waals surface area contributed by atoms with Gasteiger partial charge in [0.2, 0.25) is 0 Å². The van der Waals surface area contributed by atoms with Crippen molar-refractivity contribution < 1.29 is 18.7 Å². The van der Waals surface area contributed by atoms with Crippen molar-refractivity contribution in [3.63, 3.8) is 0 Å². The van der Waals surface area contributed by atoms with E-state index >= 15 is 0 Å². The van der Waals surface area contributed by atoms with Gasteiger partial charge in [0, 0.05) is 25.3 Å². The van der Waals surface area contributed by atoms with Gasteiger partial charge < -0.3 is 14.1 Å². The van der Waals surface area contributed by atoms with Crippen LogP contribution in [0.5, 0.6) is 5.75 Å². The van der Waals surface area contributed by atoms with Crippen LogP contribution in [0.1, 0.15) is 26.7 Å². The summed E-state index contributed by atoms with van der Waals surface area (Å²) in [7, 11) is 3.77. The Morgan fingerprint density at radius 1 is 0.929 bits per heavy atom. The van der Waals surface area contributed by atoms with Gasteiger partial charge in [-0.05, 0) is 42.5 Å². The number of rotatable bonds is 6. The minimum atomic E-state index is -0.553. The molecule has 7 nitrogen and oxygen atoms in total. The first-order valence-electron chi connectivity index (χ1n) is 8.67. The van der Waals surface area contributed by atoms with Crippen LogP contribution in [0.15, 0.2) is 71.1 Å². The van der Waals surface area contributed by atoms with Crippen molar-refractivity contribution in [1.29, 1.82) is 0 Å². The van der Waals surface area contributed by atoms with Crippen molar-refractivity contribution >= 4 is 17.5 Å². The lowest BCUT2D eigenvalue weighted by Gasteiger charge is -2.13. The van der Waals surface area contributed by atoms with Crippen molar-refractivity contribution in [2.24, 2.45) is 0 Å². The van der Waals surface area contributed by atoms with E-state index in [-0.39, 0.29) is 12.4 Å². The van der Waals surface area contributed by atoms with Gasteiger partial charge in [-0.25, -0.2) is 0 Å². The first kappa shape index (κ1) is 19.0. The van der Waals surface area contributed by atoms with Gasteiger partial charge in [-0.2, -0.15) is 0 Å². The molecule has 2 aromatic carbocycles. The molecule has 0 unspecified atom stereocenters. The number of para-hydroxylation sites is 1. The Bertz CT molecular complexity index is 951. The molecule has 0 aliphatic rings. The summed E-state index contributed by atoms with van der Waals surface area (Å²) in [6.45, 7) is 0.195. The van der Waals surface area contributed by atoms with Gasteiger partial charge in [0.05, 0.1) is 0 Å². The lowest BCUT2D eigenvalue weighted by atomic mass is 10.2. The zero-order valence-electron chi connectivity index (χ0n) is 15.6. The number of carbonyl (C=O) groups excluding carboxylic acids is 2. The molecule has 1 heterocycles. The lowest BCUT2D eigenvalue weighted by Crippen LogP contribution is -2.41. The number of ether oxygens (including phenoxy) is 1. The predicted molar refractivity (Wildman–Crippen MR) is 105 cm³/mol. The standard InChI is InChI=1S/C21H21N3O4/c1-24(2)16-8-6-7-15(13-16)20(25)22-23-21(26)19-12-11-18(28-19)14-27-17-9-4-3-5-10-17/h3-13H,14H2,1-2H3,(H,22,25)(H,23,26). The highest BCUT2D eigenvalue weighted by molar-refractivity contribution is 5.98. The van der Waals surface area contributed by atoms with E-state index in [1.807, 2.05) is 55.4 Å². The average molecular weight is 379 g/mol. The summed E-state index contributed by atoms with van der Waals surface area (Å²) in [6.07, 6.45) is 0. The fourth-order valence-corrected chi connectivity index (χ4v) is 2.42. The molecule has 0 aliphatic carbocycles. The third kappa shape index (κ3) is 4.91. The van der Waals surface area contributed by atoms with Gasteiger partial charge >= 0.3 is 5.91 Å². The molecule has 2 amide bonds. The number of anilines is 1. The number of hydrogen-bond acceptors (Lipinski definition) is 5. The number of benzene rings is 2. The molecular formula is C21H21N3O4. The first-order valence-corrected chi connectivity index (χ1v) is 8.67. The van der Waals surface area contributed by atoms with E-state index in [0.29, 0.717) is 17.1 Å². The fourth-order valence-electron chi connectivity index (χ4n) is 2.42. The Morgan fingerprint density at radius 3 is 2.43 bits per heavy atom. The van der Waals surface area contributed by atoms with Crippen LogP contribution in [0, 0.1) is 0 Å². The van der Waals surface area contributed by atoms with Crippen molar-refractivity contribution in [1.82, 2.24) is 10.9 Å². The molecule has 1 aromatic heterocycles. The van der Waals surface area contributed by atoms with Crippen LogP contribution in [-0.4, -0.2) is 25.9 Å². The molecule has 0 saturated heterocycles. The van der Waals surface area contributed by atoms with E-state index in [2.05, 4.69) is 10.9 Å². The highest BCUT2D eigenvalue weighted by Gasteiger charge is 2.14. The summed E-state index contributed by atoms with van der Waals surface area (Å²) >= 11 is 0. The zero-order chi connectivity index (χ0) is 19.9. The number of hydrogen-bond donors (Lipinski definition) is 2. The molecule has 3 aromatic rings. The lowest BCUT2D eigenvalue weighted by molar-refractivity contribution is 0.0828. The number of amides is 2. The Morgan fingerprint density at radius 2 is 1.68 bits per heavy atom. The maximum Gasteiger partial charge on any atom is 0.305 e. The summed E-state index contributed by atoms with van der Waals surface area (Å²) in [5.41, 5.74) is 6.04. The van der Waals surface area contributed by atoms with Gasteiger partial charge in [0.25, 0.3) is 5.91 Å². The number of nitrogens with one attached hydrogen (secondary N) is 2. The molecule has 0 aliphatic heterocycles. The molecule has 0 fully saturated rings. The highest BCUT2D eigenvalue weighted by atomic mass is 16.5. The molecule has 144 valence electrons. The van der Waals surface area contributed by atoms with Gasteiger partial charge in [0.15, 0.2) is 5.76 Å². The molecule has 2 N–H and O–H groups in total. The molecular weight excluding hydrogens is 358 g/mol. The number of carbonyl (C=O) groups is 2. The second kappa shape index (κ2) is 8.77. The van der Waals surface area contributed by atoms with E-state index in [1.54, 1.807) is 24.3 Å². The zero-order valence-corrected chi connectivity index (χ0v) is 15.6. The Hall–Kier alpha value is -3.74. The van der Waals surface area contributed by atoms with Gasteiger partial charge in [-0.1, -0.05) is 24.3 Å². The molecule has 3 rings (SSSR count). The van der Waals surface area contributed by atoms with E-state index in [0.717, 1.165) is 5.69 Å². The van der Waals surface area contributed by atoms with E-state index in [1.165, 1.54) is 6.07 Å². The molecule has 0 spiro atoms. The topological polar surface area (TPSA) is 83.8 Å². The Balaban J connectivity index is 1.53. The fraction of sp³-hybridized carbons (Fsp3) is 0.143. The number of hydrazine groups is 1. The average Bonchev–Trinajstić information content (AvgIpc) is 3.20. The summed E-state index contributed by atoms with van der Waals surface area (Å²) < 4.78 is 11.0. The minimum absolute atomic E-state index is 0.0778. The highest BCUT2D eigenvalue weighted by Crippen LogP contribution is 2.14. The van der Waals surface area contributed by atoms with E-state index in [9.17, 15) is 9.59 Å². The van der Waals surface area contributed by atoms with E-state index in [4.69, 9.17) is 9.15 Å². The molecule has 0 saturated carbocycles. The monoisotopic (exact) mass is 379 g/mol. The molecule has 0 bridgehead atoms. The SMILES string of the molecule is CN(C)c1cccc(C(=O)NNC(=O)c2ccc(COc3ccccc3)o2)c1. The molecule has 0 atom stereocenters. The molecule has 7 heteroatoms. The van der Waals surface area contributed by atoms with Gasteiger partial charge in [0.1, 0.15) is 18.1 Å². The summed E-state index contributed by atoms with van der Waals surface area (Å²) in [4.78, 5) is 26.3. The summed E-state index contributed by atoms with van der Waals surface area (Å²) in [5.74, 6) is 0.310. The third-order valence-corrected chi connectivity index (χ3v) is 3.92. The minimum Gasteiger partial charge on any atom is -0.486 e. The molecule has 0 radical (unpaired) electrons. The summed E-state index contributed by atoms with van der Waals surface area (Å²) in [5, 5.41) is 0. The smallest absolute Gasteiger partial charge is 0.305 e. The Labute approximate surface area is 162 Å². The van der Waals surface area contributed by atoms with E-state index < -0.39 is 11.8 Å². The van der Waals surface area contributed by atoms with Crippen LogP contribution >= 0.6 is 0 Å². The molecule has 28 heavy (non-hydrogen) atoms. The Kier molecular flexibility index (Phi) is 5.96. The van der Waals surface area contributed by atoms with Crippen LogP contribution in [0.4, 0.5) is 5.69 Å². The second-order valence-corrected chi connectivity index (χ2v) is 6.22. The van der Waals surface area contributed by atoms with Crippen LogP contribution < -0.4 is 20.5 Å². The number of furan rings is 1. The van der Waals surface area contributed by atoms with Crippen molar-refractivity contribution in [2.45, 2.75) is 6.61 Å². The second-order valence-electron chi connectivity index (χ2n) is 6.22. The van der Waals surface area contributed by atoms with Gasteiger partial charge in [-0.3, -0.25) is 20.4 Å². The predicted octanol–water partition coefficient (Wildman–Crippen LogP) is 3.00. The van der Waals surface area contributed by atoms with Crippen LogP contribution in [0.25, 0.3) is 0 Å². The largest absolute Gasteiger partial charge is 0.486 e. The maximum absolute atomic E-state index is 12.2. The number of nitrogens with zero attached hydrogens (tertiary/aromatic N) is 1.